The Morgan fingerprint density at radius 1 is 1.33 bits per heavy atom. The summed E-state index contributed by atoms with van der Waals surface area (Å²) in [6, 6.07) is 3.91. The van der Waals surface area contributed by atoms with Gasteiger partial charge in [-0.15, -0.1) is 0 Å². The van der Waals surface area contributed by atoms with Crippen LogP contribution >= 0.6 is 0 Å². The number of nitrogens with one attached hydrogen (secondary N) is 2. The molecular formula is C15H23FN2O2S. The Morgan fingerprint density at radius 3 is 2.57 bits per heavy atom. The molecule has 1 aromatic rings. The second kappa shape index (κ2) is 6.02. The third-order valence-corrected chi connectivity index (χ3v) is 5.63. The molecule has 4 nitrogen and oxygen atoms in total. The van der Waals surface area contributed by atoms with Crippen molar-refractivity contribution in [3.8, 4) is 0 Å². The monoisotopic (exact) mass is 314 g/mol. The molecule has 21 heavy (non-hydrogen) atoms. The normalized spacial score (nSPS) is 16.2. The van der Waals surface area contributed by atoms with Gasteiger partial charge in [-0.1, -0.05) is 13.0 Å². The van der Waals surface area contributed by atoms with E-state index in [1.54, 1.807) is 0 Å². The van der Waals surface area contributed by atoms with Gasteiger partial charge in [0.2, 0.25) is 10.0 Å². The molecule has 1 aliphatic carbocycles. The van der Waals surface area contributed by atoms with E-state index in [1.165, 1.54) is 12.1 Å². The Labute approximate surface area is 126 Å². The van der Waals surface area contributed by atoms with Gasteiger partial charge in [-0.2, -0.15) is 0 Å². The highest BCUT2D eigenvalue weighted by Gasteiger charge is 2.41. The van der Waals surface area contributed by atoms with Crippen LogP contribution < -0.4 is 10.0 Å². The predicted octanol–water partition coefficient (Wildman–Crippen LogP) is 2.40. The van der Waals surface area contributed by atoms with Crippen molar-refractivity contribution in [3.63, 3.8) is 0 Å². The molecule has 1 saturated carbocycles. The Bertz CT molecular complexity index is 610. The molecule has 118 valence electrons. The molecule has 6 heteroatoms. The van der Waals surface area contributed by atoms with Gasteiger partial charge in [-0.3, -0.25) is 0 Å². The number of hydrogen-bond donors (Lipinski definition) is 2. The molecule has 1 aromatic carbocycles. The number of halogens is 1. The molecule has 0 atom stereocenters. The van der Waals surface area contributed by atoms with Gasteiger partial charge < -0.3 is 5.32 Å². The van der Waals surface area contributed by atoms with Gasteiger partial charge in [0.05, 0.1) is 4.90 Å². The van der Waals surface area contributed by atoms with E-state index in [0.717, 1.165) is 25.5 Å². The van der Waals surface area contributed by atoms with E-state index >= 15 is 0 Å². The highest BCUT2D eigenvalue weighted by Crippen LogP contribution is 2.40. The Hall–Kier alpha value is -0.980. The minimum atomic E-state index is -3.74. The van der Waals surface area contributed by atoms with E-state index in [9.17, 15) is 12.8 Å². The summed E-state index contributed by atoms with van der Waals surface area (Å²) in [7, 11) is -3.74. The summed E-state index contributed by atoms with van der Waals surface area (Å²) in [6.07, 6.45) is 2.06. The van der Waals surface area contributed by atoms with Crippen molar-refractivity contribution in [1.29, 1.82) is 0 Å². The predicted molar refractivity (Wildman–Crippen MR) is 80.9 cm³/mol. The second-order valence-corrected chi connectivity index (χ2v) is 7.78. The number of hydrogen-bond acceptors (Lipinski definition) is 3. The average Bonchev–Trinajstić information content (AvgIpc) is 3.20. The number of sulfonamides is 1. The number of benzene rings is 1. The van der Waals surface area contributed by atoms with E-state index < -0.39 is 21.4 Å². The van der Waals surface area contributed by atoms with Crippen molar-refractivity contribution in [2.45, 2.75) is 50.6 Å². The largest absolute Gasteiger partial charge is 0.313 e. The first-order chi connectivity index (χ1) is 9.76. The molecule has 0 bridgehead atoms. The molecule has 0 spiro atoms. The first-order valence-electron chi connectivity index (χ1n) is 7.29. The smallest absolute Gasteiger partial charge is 0.241 e. The summed E-state index contributed by atoms with van der Waals surface area (Å²) in [4.78, 5) is 0.0252. The van der Waals surface area contributed by atoms with Crippen molar-refractivity contribution < 1.29 is 12.8 Å². The SMILES string of the molecule is CCNCc1ccc(F)cc1S(=O)(=O)NC(C)(C)C1CC1. The van der Waals surface area contributed by atoms with Crippen LogP contribution in [0.5, 0.6) is 0 Å². The lowest BCUT2D eigenvalue weighted by atomic mass is 10.0. The van der Waals surface area contributed by atoms with E-state index in [2.05, 4.69) is 10.0 Å². The van der Waals surface area contributed by atoms with Gasteiger partial charge in [0.1, 0.15) is 5.82 Å². The maximum atomic E-state index is 13.5. The quantitative estimate of drug-likeness (QED) is 0.812. The van der Waals surface area contributed by atoms with Crippen LogP contribution in [0, 0.1) is 11.7 Å². The molecule has 1 aliphatic rings. The van der Waals surface area contributed by atoms with Crippen LogP contribution in [0.3, 0.4) is 0 Å². The van der Waals surface area contributed by atoms with Crippen molar-refractivity contribution in [2.24, 2.45) is 5.92 Å². The van der Waals surface area contributed by atoms with Gasteiger partial charge in [-0.05, 0) is 56.8 Å². The van der Waals surface area contributed by atoms with Gasteiger partial charge >= 0.3 is 0 Å². The molecule has 0 amide bonds. The maximum Gasteiger partial charge on any atom is 0.241 e. The molecule has 2 N–H and O–H groups in total. The van der Waals surface area contributed by atoms with E-state index in [4.69, 9.17) is 0 Å². The van der Waals surface area contributed by atoms with Crippen LogP contribution in [0.4, 0.5) is 4.39 Å². The van der Waals surface area contributed by atoms with Crippen molar-refractivity contribution in [2.75, 3.05) is 6.54 Å². The summed E-state index contributed by atoms with van der Waals surface area (Å²) in [5.74, 6) is -0.182. The van der Waals surface area contributed by atoms with Gasteiger partial charge in [0.15, 0.2) is 0 Å². The standard InChI is InChI=1S/C15H23FN2O2S/c1-4-17-10-11-5-8-13(16)9-14(11)21(19,20)18-15(2,3)12-6-7-12/h5,8-9,12,17-18H,4,6-7,10H2,1-3H3. The van der Waals surface area contributed by atoms with Gasteiger partial charge in [0.25, 0.3) is 0 Å². The fraction of sp³-hybridized carbons (Fsp3) is 0.600. The van der Waals surface area contributed by atoms with Crippen LogP contribution in [0.2, 0.25) is 0 Å². The highest BCUT2D eigenvalue weighted by atomic mass is 32.2. The average molecular weight is 314 g/mol. The first-order valence-corrected chi connectivity index (χ1v) is 8.77. The molecule has 2 rings (SSSR count). The fourth-order valence-corrected chi connectivity index (χ4v) is 4.20. The molecular weight excluding hydrogens is 291 g/mol. The summed E-state index contributed by atoms with van der Waals surface area (Å²) in [5, 5.41) is 3.08. The Morgan fingerprint density at radius 2 is 2.00 bits per heavy atom. The minimum absolute atomic E-state index is 0.0252. The lowest BCUT2D eigenvalue weighted by molar-refractivity contribution is 0.400. The van der Waals surface area contributed by atoms with E-state index in [1.807, 2.05) is 20.8 Å². The minimum Gasteiger partial charge on any atom is -0.313 e. The lowest BCUT2D eigenvalue weighted by Gasteiger charge is -2.26. The van der Waals surface area contributed by atoms with E-state index in [0.29, 0.717) is 18.0 Å². The van der Waals surface area contributed by atoms with Crippen molar-refractivity contribution in [3.05, 3.63) is 29.6 Å². The van der Waals surface area contributed by atoms with Crippen LogP contribution in [0.15, 0.2) is 23.1 Å². The topological polar surface area (TPSA) is 58.2 Å². The van der Waals surface area contributed by atoms with Gasteiger partial charge in [0, 0.05) is 12.1 Å². The van der Waals surface area contributed by atoms with Crippen LogP contribution in [-0.2, 0) is 16.6 Å². The van der Waals surface area contributed by atoms with Gasteiger partial charge in [-0.25, -0.2) is 17.5 Å². The molecule has 0 radical (unpaired) electrons. The van der Waals surface area contributed by atoms with Crippen molar-refractivity contribution in [1.82, 2.24) is 10.0 Å². The van der Waals surface area contributed by atoms with Crippen LogP contribution in [0.25, 0.3) is 0 Å². The molecule has 0 aromatic heterocycles. The zero-order valence-corrected chi connectivity index (χ0v) is 13.6. The Kier molecular flexibility index (Phi) is 4.70. The maximum absolute atomic E-state index is 13.5. The summed E-state index contributed by atoms with van der Waals surface area (Å²) >= 11 is 0. The summed E-state index contributed by atoms with van der Waals surface area (Å²) in [6.45, 7) is 6.82. The fourth-order valence-electron chi connectivity index (χ4n) is 2.47. The number of rotatable bonds is 7. The zero-order valence-electron chi connectivity index (χ0n) is 12.7. The van der Waals surface area contributed by atoms with Crippen LogP contribution in [0.1, 0.15) is 39.2 Å². The van der Waals surface area contributed by atoms with Crippen LogP contribution in [-0.4, -0.2) is 20.5 Å². The first kappa shape index (κ1) is 16.4. The molecule has 0 unspecified atom stereocenters. The molecule has 0 heterocycles. The Balaban J connectivity index is 2.31. The molecule has 0 aliphatic heterocycles. The summed E-state index contributed by atoms with van der Waals surface area (Å²) in [5.41, 5.74) is 0.0815. The van der Waals surface area contributed by atoms with E-state index in [-0.39, 0.29) is 4.90 Å². The van der Waals surface area contributed by atoms with Crippen molar-refractivity contribution >= 4 is 10.0 Å². The lowest BCUT2D eigenvalue weighted by Crippen LogP contribution is -2.45. The highest BCUT2D eigenvalue weighted by molar-refractivity contribution is 7.89. The summed E-state index contributed by atoms with van der Waals surface area (Å²) < 4.78 is 41.4. The third kappa shape index (κ3) is 4.02. The zero-order chi connectivity index (χ0) is 15.7. The third-order valence-electron chi connectivity index (χ3n) is 3.88. The molecule has 1 fully saturated rings. The second-order valence-electron chi connectivity index (χ2n) is 6.13. The molecule has 0 saturated heterocycles.